The van der Waals surface area contributed by atoms with Gasteiger partial charge in [-0.15, -0.1) is 0 Å². The van der Waals surface area contributed by atoms with Gasteiger partial charge in [0, 0.05) is 18.5 Å². The Morgan fingerprint density at radius 1 is 1.33 bits per heavy atom. The van der Waals surface area contributed by atoms with Gasteiger partial charge in [0.25, 0.3) is 0 Å². The lowest BCUT2D eigenvalue weighted by Crippen LogP contribution is -2.39. The molecule has 0 bridgehead atoms. The lowest BCUT2D eigenvalue weighted by molar-refractivity contribution is 0.0371. The van der Waals surface area contributed by atoms with Gasteiger partial charge in [0.1, 0.15) is 0 Å². The minimum Gasteiger partial charge on any atom is -0.393 e. The first kappa shape index (κ1) is 12.9. The third-order valence-electron chi connectivity index (χ3n) is 3.75. The normalized spacial score (nSPS) is 28.0. The second-order valence-electron chi connectivity index (χ2n) is 5.69. The van der Waals surface area contributed by atoms with Crippen LogP contribution in [0.2, 0.25) is 0 Å². The summed E-state index contributed by atoms with van der Waals surface area (Å²) in [6.45, 7) is 10.8. The molecule has 15 heavy (non-hydrogen) atoms. The molecule has 0 aromatic rings. The van der Waals surface area contributed by atoms with E-state index in [0.29, 0.717) is 5.92 Å². The third-order valence-corrected chi connectivity index (χ3v) is 3.75. The Bertz CT molecular complexity index is 202. The summed E-state index contributed by atoms with van der Waals surface area (Å²) in [5.74, 6) is 0.412. The Balaban J connectivity index is 2.42. The molecule has 0 aromatic heterocycles. The number of likely N-dealkylation sites (tertiary alicyclic amines) is 1. The molecule has 90 valence electrons. The molecule has 0 aromatic carbocycles. The van der Waals surface area contributed by atoms with Crippen molar-refractivity contribution in [2.75, 3.05) is 19.6 Å². The Labute approximate surface area is 93.1 Å². The molecule has 1 aliphatic heterocycles. The van der Waals surface area contributed by atoms with E-state index in [4.69, 9.17) is 0 Å². The van der Waals surface area contributed by atoms with Crippen LogP contribution in [0.3, 0.4) is 0 Å². The van der Waals surface area contributed by atoms with Crippen molar-refractivity contribution in [3.63, 3.8) is 0 Å². The van der Waals surface area contributed by atoms with Crippen LogP contribution in [-0.4, -0.2) is 47.0 Å². The molecule has 3 heteroatoms. The Morgan fingerprint density at radius 3 is 2.33 bits per heavy atom. The van der Waals surface area contributed by atoms with E-state index < -0.39 is 0 Å². The van der Waals surface area contributed by atoms with Crippen molar-refractivity contribution in [1.29, 1.82) is 0 Å². The van der Waals surface area contributed by atoms with Gasteiger partial charge >= 0.3 is 0 Å². The summed E-state index contributed by atoms with van der Waals surface area (Å²) in [4.78, 5) is 2.35. The fraction of sp³-hybridized carbons (Fsp3) is 1.00. The summed E-state index contributed by atoms with van der Waals surface area (Å²) in [5.41, 5.74) is -0.0619. The topological polar surface area (TPSA) is 43.7 Å². The van der Waals surface area contributed by atoms with E-state index in [9.17, 15) is 10.2 Å². The lowest BCUT2D eigenvalue weighted by atomic mass is 9.87. The second-order valence-corrected chi connectivity index (χ2v) is 5.69. The first-order chi connectivity index (χ1) is 6.83. The van der Waals surface area contributed by atoms with Crippen molar-refractivity contribution >= 4 is 0 Å². The Kier molecular flexibility index (Phi) is 4.15. The quantitative estimate of drug-likeness (QED) is 0.738. The van der Waals surface area contributed by atoms with Crippen LogP contribution < -0.4 is 0 Å². The number of hydrogen-bond donors (Lipinski definition) is 2. The molecule has 2 N–H and O–H groups in total. The van der Waals surface area contributed by atoms with E-state index in [1.54, 1.807) is 0 Å². The van der Waals surface area contributed by atoms with E-state index in [0.717, 1.165) is 26.1 Å². The van der Waals surface area contributed by atoms with Crippen molar-refractivity contribution in [2.45, 2.75) is 46.3 Å². The first-order valence-electron chi connectivity index (χ1n) is 5.91. The fourth-order valence-electron chi connectivity index (χ4n) is 2.11. The largest absolute Gasteiger partial charge is 0.393 e. The molecular weight excluding hydrogens is 190 g/mol. The number of nitrogens with zero attached hydrogens (tertiary/aromatic N) is 1. The molecule has 0 aliphatic carbocycles. The van der Waals surface area contributed by atoms with Crippen molar-refractivity contribution in [3.8, 4) is 0 Å². The molecule has 3 nitrogen and oxygen atoms in total. The van der Waals surface area contributed by atoms with Crippen LogP contribution in [-0.2, 0) is 0 Å². The van der Waals surface area contributed by atoms with Gasteiger partial charge in [-0.2, -0.15) is 0 Å². The van der Waals surface area contributed by atoms with E-state index in [-0.39, 0.29) is 17.6 Å². The van der Waals surface area contributed by atoms with Gasteiger partial charge in [0.15, 0.2) is 0 Å². The number of aliphatic hydroxyl groups excluding tert-OH is 2. The molecule has 0 spiro atoms. The molecule has 1 heterocycles. The Hall–Kier alpha value is -0.120. The smallest absolute Gasteiger partial charge is 0.0575 e. The van der Waals surface area contributed by atoms with Crippen molar-refractivity contribution in [3.05, 3.63) is 0 Å². The molecule has 3 unspecified atom stereocenters. The highest BCUT2D eigenvalue weighted by atomic mass is 16.3. The summed E-state index contributed by atoms with van der Waals surface area (Å²) in [6, 6.07) is 0. The lowest BCUT2D eigenvalue weighted by Gasteiger charge is -2.32. The minimum absolute atomic E-state index is 0.0619. The van der Waals surface area contributed by atoms with Gasteiger partial charge in [-0.1, -0.05) is 13.8 Å². The summed E-state index contributed by atoms with van der Waals surface area (Å²) in [7, 11) is 0. The number of rotatable bonds is 4. The zero-order valence-electron chi connectivity index (χ0n) is 10.4. The number of hydrogen-bond acceptors (Lipinski definition) is 3. The van der Waals surface area contributed by atoms with Crippen molar-refractivity contribution in [1.82, 2.24) is 4.90 Å². The molecule has 1 rings (SSSR count). The average Bonchev–Trinajstić information content (AvgIpc) is 2.51. The molecular formula is C12H25NO2. The van der Waals surface area contributed by atoms with Gasteiger partial charge < -0.3 is 15.1 Å². The average molecular weight is 215 g/mol. The second kappa shape index (κ2) is 4.81. The van der Waals surface area contributed by atoms with Gasteiger partial charge in [-0.05, 0) is 32.7 Å². The maximum atomic E-state index is 9.64. The monoisotopic (exact) mass is 215 g/mol. The molecule has 1 saturated heterocycles. The third kappa shape index (κ3) is 3.44. The van der Waals surface area contributed by atoms with Crippen LogP contribution in [0.25, 0.3) is 0 Å². The SMILES string of the molecule is CC(O)C1CCN(CC(C)(C)C(C)O)C1. The molecule has 0 amide bonds. The summed E-state index contributed by atoms with van der Waals surface area (Å²) >= 11 is 0. The van der Waals surface area contributed by atoms with E-state index in [1.165, 1.54) is 0 Å². The fourth-order valence-corrected chi connectivity index (χ4v) is 2.11. The van der Waals surface area contributed by atoms with Crippen LogP contribution in [0.1, 0.15) is 34.1 Å². The summed E-state index contributed by atoms with van der Waals surface area (Å²) in [5, 5.41) is 19.1. The van der Waals surface area contributed by atoms with E-state index in [2.05, 4.69) is 18.7 Å². The predicted molar refractivity (Wildman–Crippen MR) is 61.7 cm³/mol. The highest BCUT2D eigenvalue weighted by molar-refractivity contribution is 4.85. The standard InChI is InChI=1S/C12H25NO2/c1-9(14)11-5-6-13(7-11)8-12(3,4)10(2)15/h9-11,14-15H,5-8H2,1-4H3. The van der Waals surface area contributed by atoms with Gasteiger partial charge in [-0.25, -0.2) is 0 Å². The molecule has 1 aliphatic rings. The van der Waals surface area contributed by atoms with Crippen LogP contribution >= 0.6 is 0 Å². The Morgan fingerprint density at radius 2 is 1.93 bits per heavy atom. The van der Waals surface area contributed by atoms with Gasteiger partial charge in [0.05, 0.1) is 12.2 Å². The zero-order valence-corrected chi connectivity index (χ0v) is 10.4. The highest BCUT2D eigenvalue weighted by Gasteiger charge is 2.32. The highest BCUT2D eigenvalue weighted by Crippen LogP contribution is 2.27. The molecule has 3 atom stereocenters. The maximum absolute atomic E-state index is 9.64. The predicted octanol–water partition coefficient (Wildman–Crippen LogP) is 1.10. The minimum atomic E-state index is -0.289. The summed E-state index contributed by atoms with van der Waals surface area (Å²) < 4.78 is 0. The van der Waals surface area contributed by atoms with Crippen molar-refractivity contribution < 1.29 is 10.2 Å². The van der Waals surface area contributed by atoms with Crippen LogP contribution in [0.4, 0.5) is 0 Å². The zero-order chi connectivity index (χ0) is 11.6. The molecule has 1 fully saturated rings. The van der Waals surface area contributed by atoms with Crippen molar-refractivity contribution in [2.24, 2.45) is 11.3 Å². The van der Waals surface area contributed by atoms with E-state index >= 15 is 0 Å². The van der Waals surface area contributed by atoms with Crippen LogP contribution in [0.5, 0.6) is 0 Å². The first-order valence-corrected chi connectivity index (χ1v) is 5.91. The molecule has 0 saturated carbocycles. The van der Waals surface area contributed by atoms with Gasteiger partial charge in [-0.3, -0.25) is 0 Å². The van der Waals surface area contributed by atoms with E-state index in [1.807, 2.05) is 13.8 Å². The van der Waals surface area contributed by atoms with Crippen LogP contribution in [0, 0.1) is 11.3 Å². The summed E-state index contributed by atoms with van der Waals surface area (Å²) in [6.07, 6.45) is 0.584. The van der Waals surface area contributed by atoms with Gasteiger partial charge in [0.2, 0.25) is 0 Å². The number of aliphatic hydroxyl groups is 2. The van der Waals surface area contributed by atoms with Crippen LogP contribution in [0.15, 0.2) is 0 Å². The molecule has 0 radical (unpaired) electrons. The maximum Gasteiger partial charge on any atom is 0.0575 e.